The first-order chi connectivity index (χ1) is 14.2. The maximum absolute atomic E-state index is 13.0. The Morgan fingerprint density at radius 3 is 2.69 bits per heavy atom. The average molecular weight is 399 g/mol. The van der Waals surface area contributed by atoms with Gasteiger partial charge in [-0.1, -0.05) is 42.5 Å². The van der Waals surface area contributed by atoms with Crippen LogP contribution >= 0.6 is 0 Å². The molecule has 1 atom stereocenters. The van der Waals surface area contributed by atoms with Crippen molar-refractivity contribution in [2.45, 2.75) is 25.9 Å². The molecule has 1 fully saturated rings. The normalized spacial score (nSPS) is 18.4. The fourth-order valence-corrected chi connectivity index (χ4v) is 3.82. The third-order valence-electron chi connectivity index (χ3n) is 5.34. The number of aliphatic hydroxyl groups is 1. The van der Waals surface area contributed by atoms with Crippen LogP contribution in [0.5, 0.6) is 5.75 Å². The van der Waals surface area contributed by atoms with E-state index in [-0.39, 0.29) is 12.4 Å². The lowest BCUT2D eigenvalue weighted by Crippen LogP contribution is -2.52. The molecule has 1 aliphatic rings. The van der Waals surface area contributed by atoms with Gasteiger partial charge in [0.2, 0.25) is 0 Å². The maximum atomic E-state index is 13.0. The Bertz CT molecular complexity index is 779. The molecular formula is C24H31FN2O2. The summed E-state index contributed by atoms with van der Waals surface area (Å²) in [5.74, 6) is 0.735. The molecule has 2 aromatic carbocycles. The van der Waals surface area contributed by atoms with Crippen LogP contribution in [0.25, 0.3) is 6.08 Å². The van der Waals surface area contributed by atoms with E-state index in [0.717, 1.165) is 50.5 Å². The highest BCUT2D eigenvalue weighted by molar-refractivity contribution is 5.49. The average Bonchev–Trinajstić information content (AvgIpc) is 2.73. The molecule has 5 heteroatoms. The monoisotopic (exact) mass is 398 g/mol. The van der Waals surface area contributed by atoms with Crippen LogP contribution < -0.4 is 4.74 Å². The van der Waals surface area contributed by atoms with Crippen molar-refractivity contribution in [1.82, 2.24) is 9.80 Å². The van der Waals surface area contributed by atoms with Gasteiger partial charge in [-0.25, -0.2) is 4.39 Å². The van der Waals surface area contributed by atoms with Crippen LogP contribution in [0, 0.1) is 5.82 Å². The number of hydrogen-bond donors (Lipinski definition) is 1. The lowest BCUT2D eigenvalue weighted by Gasteiger charge is -2.41. The Hall–Kier alpha value is -2.21. The summed E-state index contributed by atoms with van der Waals surface area (Å²) in [5.41, 5.74) is 2.20. The highest BCUT2D eigenvalue weighted by atomic mass is 19.1. The van der Waals surface area contributed by atoms with E-state index in [1.807, 2.05) is 25.1 Å². The number of aliphatic hydroxyl groups excluding tert-OH is 1. The second-order valence-electron chi connectivity index (χ2n) is 7.39. The molecule has 0 bridgehead atoms. The SMILES string of the molecule is CCOc1ccccc1CN1CCN(C/C=C/c2ccc(F)cc2)C[C@@H]1CCO. The fraction of sp³-hybridized carbons (Fsp3) is 0.417. The van der Waals surface area contributed by atoms with Crippen molar-refractivity contribution in [3.8, 4) is 5.75 Å². The molecule has 29 heavy (non-hydrogen) atoms. The van der Waals surface area contributed by atoms with E-state index < -0.39 is 0 Å². The number of para-hydroxylation sites is 1. The predicted octanol–water partition coefficient (Wildman–Crippen LogP) is 3.81. The molecule has 0 radical (unpaired) electrons. The first-order valence-electron chi connectivity index (χ1n) is 10.4. The van der Waals surface area contributed by atoms with E-state index in [2.05, 4.69) is 28.0 Å². The third-order valence-corrected chi connectivity index (χ3v) is 5.34. The van der Waals surface area contributed by atoms with Gasteiger partial charge in [0.1, 0.15) is 11.6 Å². The molecule has 0 amide bonds. The van der Waals surface area contributed by atoms with E-state index in [0.29, 0.717) is 12.6 Å². The molecule has 1 N–H and O–H groups in total. The Morgan fingerprint density at radius 1 is 1.14 bits per heavy atom. The quantitative estimate of drug-likeness (QED) is 0.697. The molecule has 1 aliphatic heterocycles. The lowest BCUT2D eigenvalue weighted by molar-refractivity contribution is 0.0590. The Labute approximate surface area is 173 Å². The number of nitrogens with zero attached hydrogens (tertiary/aromatic N) is 2. The van der Waals surface area contributed by atoms with Crippen LogP contribution in [0.15, 0.2) is 54.6 Å². The van der Waals surface area contributed by atoms with Gasteiger partial charge in [-0.2, -0.15) is 0 Å². The first-order valence-corrected chi connectivity index (χ1v) is 10.4. The van der Waals surface area contributed by atoms with Crippen LogP contribution in [0.4, 0.5) is 4.39 Å². The fourth-order valence-electron chi connectivity index (χ4n) is 3.82. The van der Waals surface area contributed by atoms with E-state index in [4.69, 9.17) is 4.74 Å². The molecule has 0 saturated carbocycles. The van der Waals surface area contributed by atoms with Crippen LogP contribution in [-0.2, 0) is 6.54 Å². The van der Waals surface area contributed by atoms with Crippen molar-refractivity contribution in [3.05, 3.63) is 71.6 Å². The zero-order valence-electron chi connectivity index (χ0n) is 17.1. The van der Waals surface area contributed by atoms with Crippen LogP contribution in [-0.4, -0.2) is 60.3 Å². The summed E-state index contributed by atoms with van der Waals surface area (Å²) in [6.45, 7) is 7.39. The standard InChI is InChI=1S/C24H31FN2O2/c1-2-29-24-8-4-3-7-21(24)18-27-16-15-26(19-23(27)13-17-28)14-5-6-20-9-11-22(25)12-10-20/h3-12,23,28H,2,13-19H2,1H3/b6-5+/t23-/m0/s1. The minimum absolute atomic E-state index is 0.188. The second kappa shape index (κ2) is 11.1. The van der Waals surface area contributed by atoms with Crippen LogP contribution in [0.1, 0.15) is 24.5 Å². The van der Waals surface area contributed by atoms with E-state index >= 15 is 0 Å². The number of benzene rings is 2. The van der Waals surface area contributed by atoms with Crippen molar-refractivity contribution in [2.24, 2.45) is 0 Å². The summed E-state index contributed by atoms with van der Waals surface area (Å²) in [5, 5.41) is 9.56. The zero-order valence-corrected chi connectivity index (χ0v) is 17.1. The number of ether oxygens (including phenoxy) is 1. The molecule has 156 valence electrons. The Balaban J connectivity index is 1.58. The van der Waals surface area contributed by atoms with E-state index in [1.165, 1.54) is 17.7 Å². The number of piperazine rings is 1. The maximum Gasteiger partial charge on any atom is 0.123 e. The van der Waals surface area contributed by atoms with E-state index in [9.17, 15) is 9.50 Å². The van der Waals surface area contributed by atoms with Gasteiger partial charge in [-0.3, -0.25) is 9.80 Å². The topological polar surface area (TPSA) is 35.9 Å². The molecule has 4 nitrogen and oxygen atoms in total. The lowest BCUT2D eigenvalue weighted by atomic mass is 10.1. The summed E-state index contributed by atoms with van der Waals surface area (Å²) < 4.78 is 18.8. The molecule has 2 aromatic rings. The molecular weight excluding hydrogens is 367 g/mol. The Morgan fingerprint density at radius 2 is 1.93 bits per heavy atom. The number of halogens is 1. The van der Waals surface area contributed by atoms with Gasteiger partial charge in [-0.15, -0.1) is 0 Å². The smallest absolute Gasteiger partial charge is 0.123 e. The van der Waals surface area contributed by atoms with Crippen molar-refractivity contribution >= 4 is 6.08 Å². The van der Waals surface area contributed by atoms with Gasteiger partial charge in [0, 0.05) is 50.9 Å². The largest absolute Gasteiger partial charge is 0.494 e. The summed E-state index contributed by atoms with van der Waals surface area (Å²) >= 11 is 0. The van der Waals surface area contributed by atoms with Crippen molar-refractivity contribution in [2.75, 3.05) is 39.4 Å². The summed E-state index contributed by atoms with van der Waals surface area (Å²) in [6, 6.07) is 15.0. The molecule has 3 rings (SSSR count). The van der Waals surface area contributed by atoms with Crippen molar-refractivity contribution in [3.63, 3.8) is 0 Å². The van der Waals surface area contributed by atoms with Gasteiger partial charge in [0.05, 0.1) is 6.61 Å². The highest BCUT2D eigenvalue weighted by Gasteiger charge is 2.26. The predicted molar refractivity (Wildman–Crippen MR) is 115 cm³/mol. The third kappa shape index (κ3) is 6.39. The van der Waals surface area contributed by atoms with Gasteiger partial charge >= 0.3 is 0 Å². The van der Waals surface area contributed by atoms with Crippen molar-refractivity contribution < 1.29 is 14.2 Å². The van der Waals surface area contributed by atoms with Gasteiger partial charge in [0.25, 0.3) is 0 Å². The number of hydrogen-bond acceptors (Lipinski definition) is 4. The summed E-state index contributed by atoms with van der Waals surface area (Å²) in [6.07, 6.45) is 4.92. The van der Waals surface area contributed by atoms with E-state index in [1.54, 1.807) is 12.1 Å². The van der Waals surface area contributed by atoms with Gasteiger partial charge in [0.15, 0.2) is 0 Å². The molecule has 0 aromatic heterocycles. The van der Waals surface area contributed by atoms with Gasteiger partial charge < -0.3 is 9.84 Å². The highest BCUT2D eigenvalue weighted by Crippen LogP contribution is 2.23. The van der Waals surface area contributed by atoms with Crippen LogP contribution in [0.3, 0.4) is 0 Å². The molecule has 1 heterocycles. The summed E-state index contributed by atoms with van der Waals surface area (Å²) in [7, 11) is 0. The van der Waals surface area contributed by atoms with Crippen molar-refractivity contribution in [1.29, 1.82) is 0 Å². The van der Waals surface area contributed by atoms with Crippen LogP contribution in [0.2, 0.25) is 0 Å². The molecule has 0 spiro atoms. The summed E-state index contributed by atoms with van der Waals surface area (Å²) in [4.78, 5) is 4.86. The molecule has 0 aliphatic carbocycles. The first kappa shape index (κ1) is 21.5. The van der Waals surface area contributed by atoms with Gasteiger partial charge in [-0.05, 0) is 37.1 Å². The second-order valence-corrected chi connectivity index (χ2v) is 7.39. The zero-order chi connectivity index (χ0) is 20.5. The number of rotatable bonds is 9. The minimum atomic E-state index is -0.212. The molecule has 0 unspecified atom stereocenters. The Kier molecular flexibility index (Phi) is 8.23. The minimum Gasteiger partial charge on any atom is -0.494 e. The molecule has 1 saturated heterocycles.